The lowest BCUT2D eigenvalue weighted by molar-refractivity contribution is 0.626. The molecule has 0 aliphatic heterocycles. The van der Waals surface area contributed by atoms with Crippen LogP contribution >= 0.6 is 0 Å². The van der Waals surface area contributed by atoms with Crippen molar-refractivity contribution in [1.29, 1.82) is 0 Å². The molecule has 0 spiro atoms. The van der Waals surface area contributed by atoms with E-state index in [0.29, 0.717) is 22.5 Å². The first-order valence-electron chi connectivity index (χ1n) is 8.54. The van der Waals surface area contributed by atoms with E-state index in [9.17, 15) is 8.78 Å². The lowest BCUT2D eigenvalue weighted by Gasteiger charge is -2.07. The Morgan fingerprint density at radius 2 is 1.52 bits per heavy atom. The van der Waals surface area contributed by atoms with Gasteiger partial charge in [0.2, 0.25) is 0 Å². The summed E-state index contributed by atoms with van der Waals surface area (Å²) in [5, 5.41) is 0. The van der Waals surface area contributed by atoms with Gasteiger partial charge in [-0.25, -0.2) is 18.7 Å². The Kier molecular flexibility index (Phi) is 5.49. The van der Waals surface area contributed by atoms with Crippen molar-refractivity contribution in [3.63, 3.8) is 0 Å². The highest BCUT2D eigenvalue weighted by atomic mass is 19.1. The third kappa shape index (κ3) is 4.27. The average molecular weight is 338 g/mol. The number of rotatable bonds is 6. The molecule has 0 aliphatic rings. The van der Waals surface area contributed by atoms with Gasteiger partial charge in [0.15, 0.2) is 5.82 Å². The molecule has 3 rings (SSSR count). The lowest BCUT2D eigenvalue weighted by Crippen LogP contribution is -1.94. The minimum Gasteiger partial charge on any atom is -0.236 e. The number of hydrogen-bond donors (Lipinski definition) is 0. The van der Waals surface area contributed by atoms with Crippen LogP contribution in [0.5, 0.6) is 0 Å². The molecule has 3 aromatic rings. The molecule has 0 fully saturated rings. The van der Waals surface area contributed by atoms with Crippen molar-refractivity contribution < 1.29 is 8.78 Å². The van der Waals surface area contributed by atoms with E-state index in [4.69, 9.17) is 0 Å². The highest BCUT2D eigenvalue weighted by Crippen LogP contribution is 2.26. The first-order valence-corrected chi connectivity index (χ1v) is 8.54. The van der Waals surface area contributed by atoms with Gasteiger partial charge in [-0.15, -0.1) is 0 Å². The summed E-state index contributed by atoms with van der Waals surface area (Å²) in [5.41, 5.74) is 2.79. The van der Waals surface area contributed by atoms with Crippen LogP contribution in [0, 0.1) is 11.6 Å². The molecule has 4 heteroatoms. The zero-order valence-electron chi connectivity index (χ0n) is 14.2. The minimum absolute atomic E-state index is 0.340. The standard InChI is InChI=1S/C21H20F2N2/c1-2-3-4-5-15-13-24-21(25-14-15)17-8-11-19(20(23)12-17)16-6-9-18(22)10-7-16/h6-14H,2-5H2,1H3. The summed E-state index contributed by atoms with van der Waals surface area (Å²) in [4.78, 5) is 8.71. The van der Waals surface area contributed by atoms with Gasteiger partial charge >= 0.3 is 0 Å². The zero-order chi connectivity index (χ0) is 17.6. The van der Waals surface area contributed by atoms with Crippen LogP contribution in [-0.4, -0.2) is 9.97 Å². The Labute approximate surface area is 146 Å². The first-order chi connectivity index (χ1) is 12.2. The highest BCUT2D eigenvalue weighted by Gasteiger charge is 2.09. The van der Waals surface area contributed by atoms with Crippen molar-refractivity contribution in [2.45, 2.75) is 32.6 Å². The van der Waals surface area contributed by atoms with Gasteiger partial charge in [0, 0.05) is 23.5 Å². The van der Waals surface area contributed by atoms with E-state index >= 15 is 0 Å². The Hall–Kier alpha value is -2.62. The predicted molar refractivity (Wildman–Crippen MR) is 96.0 cm³/mol. The monoisotopic (exact) mass is 338 g/mol. The maximum Gasteiger partial charge on any atom is 0.159 e. The molecule has 0 N–H and O–H groups in total. The molecule has 2 nitrogen and oxygen atoms in total. The molecule has 128 valence electrons. The molecule has 0 aliphatic carbocycles. The second kappa shape index (κ2) is 7.97. The molecule has 0 atom stereocenters. The third-order valence-corrected chi connectivity index (χ3v) is 4.16. The SMILES string of the molecule is CCCCCc1cnc(-c2ccc(-c3ccc(F)cc3)c(F)c2)nc1. The third-order valence-electron chi connectivity index (χ3n) is 4.16. The molecule has 1 heterocycles. The summed E-state index contributed by atoms with van der Waals surface area (Å²) in [7, 11) is 0. The molecule has 0 unspecified atom stereocenters. The van der Waals surface area contributed by atoms with E-state index in [-0.39, 0.29) is 11.6 Å². The molecule has 2 aromatic carbocycles. The summed E-state index contributed by atoms with van der Waals surface area (Å²) >= 11 is 0. The smallest absolute Gasteiger partial charge is 0.159 e. The van der Waals surface area contributed by atoms with Gasteiger partial charge in [-0.2, -0.15) is 0 Å². The van der Waals surface area contributed by atoms with Crippen molar-refractivity contribution in [2.24, 2.45) is 0 Å². The Balaban J connectivity index is 1.79. The Bertz CT molecular complexity index is 828. The number of aryl methyl sites for hydroxylation is 1. The van der Waals surface area contributed by atoms with E-state index in [1.165, 1.54) is 31.0 Å². The van der Waals surface area contributed by atoms with Crippen LogP contribution in [0.3, 0.4) is 0 Å². The normalized spacial score (nSPS) is 10.8. The van der Waals surface area contributed by atoms with Crippen LogP contribution in [0.1, 0.15) is 31.7 Å². The summed E-state index contributed by atoms with van der Waals surface area (Å²) in [6.45, 7) is 2.17. The maximum absolute atomic E-state index is 14.5. The van der Waals surface area contributed by atoms with Crippen molar-refractivity contribution in [2.75, 3.05) is 0 Å². The van der Waals surface area contributed by atoms with Crippen molar-refractivity contribution in [3.05, 3.63) is 72.1 Å². The summed E-state index contributed by atoms with van der Waals surface area (Å²) in [5.74, 6) is -0.211. The van der Waals surface area contributed by atoms with Crippen molar-refractivity contribution in [1.82, 2.24) is 9.97 Å². The van der Waals surface area contributed by atoms with Gasteiger partial charge in [-0.1, -0.05) is 44.0 Å². The second-order valence-corrected chi connectivity index (χ2v) is 6.07. The summed E-state index contributed by atoms with van der Waals surface area (Å²) in [6, 6.07) is 10.7. The topological polar surface area (TPSA) is 25.8 Å². The van der Waals surface area contributed by atoms with Crippen molar-refractivity contribution in [3.8, 4) is 22.5 Å². The van der Waals surface area contributed by atoms with Crippen LogP contribution in [0.25, 0.3) is 22.5 Å². The number of aromatic nitrogens is 2. The maximum atomic E-state index is 14.5. The van der Waals surface area contributed by atoms with Crippen LogP contribution in [0.2, 0.25) is 0 Å². The van der Waals surface area contributed by atoms with Gasteiger partial charge < -0.3 is 0 Å². The van der Waals surface area contributed by atoms with Crippen LogP contribution in [0.15, 0.2) is 54.9 Å². The zero-order valence-corrected chi connectivity index (χ0v) is 14.2. The molecule has 0 saturated heterocycles. The van der Waals surface area contributed by atoms with Gasteiger partial charge in [0.05, 0.1) is 0 Å². The first kappa shape index (κ1) is 17.2. The number of hydrogen-bond acceptors (Lipinski definition) is 2. The quantitative estimate of drug-likeness (QED) is 0.529. The predicted octanol–water partition coefficient (Wildman–Crippen LogP) is 5.82. The minimum atomic E-state index is -0.375. The van der Waals surface area contributed by atoms with E-state index in [1.54, 1.807) is 24.3 Å². The fourth-order valence-corrected chi connectivity index (χ4v) is 2.73. The van der Waals surface area contributed by atoms with Crippen LogP contribution in [-0.2, 0) is 6.42 Å². The van der Waals surface area contributed by atoms with Gasteiger partial charge in [0.25, 0.3) is 0 Å². The number of unbranched alkanes of at least 4 members (excludes halogenated alkanes) is 2. The van der Waals surface area contributed by atoms with E-state index < -0.39 is 0 Å². The van der Waals surface area contributed by atoms with Gasteiger partial charge in [-0.3, -0.25) is 0 Å². The van der Waals surface area contributed by atoms with E-state index in [2.05, 4.69) is 16.9 Å². The number of nitrogens with zero attached hydrogens (tertiary/aromatic N) is 2. The van der Waals surface area contributed by atoms with Crippen molar-refractivity contribution >= 4 is 0 Å². The largest absolute Gasteiger partial charge is 0.236 e. The molecule has 1 aromatic heterocycles. The number of benzene rings is 2. The highest BCUT2D eigenvalue weighted by molar-refractivity contribution is 5.68. The fourth-order valence-electron chi connectivity index (χ4n) is 2.73. The second-order valence-electron chi connectivity index (χ2n) is 6.07. The summed E-state index contributed by atoms with van der Waals surface area (Å²) in [6.07, 6.45) is 8.08. The Morgan fingerprint density at radius 1 is 0.840 bits per heavy atom. The molecule has 0 amide bonds. The van der Waals surface area contributed by atoms with Gasteiger partial charge in [0.1, 0.15) is 11.6 Å². The molecule has 25 heavy (non-hydrogen) atoms. The molecular formula is C21H20F2N2. The molecule has 0 radical (unpaired) electrons. The van der Waals surface area contributed by atoms with Crippen LogP contribution < -0.4 is 0 Å². The molecule has 0 bridgehead atoms. The van der Waals surface area contributed by atoms with Gasteiger partial charge in [-0.05, 0) is 42.2 Å². The molecular weight excluding hydrogens is 318 g/mol. The van der Waals surface area contributed by atoms with E-state index in [0.717, 1.165) is 18.4 Å². The van der Waals surface area contributed by atoms with Crippen LogP contribution in [0.4, 0.5) is 8.78 Å². The lowest BCUT2D eigenvalue weighted by atomic mass is 10.0. The number of halogens is 2. The summed E-state index contributed by atoms with van der Waals surface area (Å²) < 4.78 is 27.5. The molecule has 0 saturated carbocycles. The average Bonchev–Trinajstić information content (AvgIpc) is 2.63. The Morgan fingerprint density at radius 3 is 2.16 bits per heavy atom. The van der Waals surface area contributed by atoms with E-state index in [1.807, 2.05) is 12.4 Å². The fraction of sp³-hybridized carbons (Fsp3) is 0.238.